The molecule has 0 spiro atoms. The first-order valence-corrected chi connectivity index (χ1v) is 6.52. The Labute approximate surface area is 104 Å². The van der Waals surface area contributed by atoms with Crippen LogP contribution in [0.5, 0.6) is 0 Å². The number of rotatable bonds is 6. The van der Waals surface area contributed by atoms with Gasteiger partial charge in [-0.05, 0) is 29.0 Å². The lowest BCUT2D eigenvalue weighted by Crippen LogP contribution is -1.93. The second kappa shape index (κ2) is 5.88. The summed E-state index contributed by atoms with van der Waals surface area (Å²) in [5.41, 5.74) is 0. The Morgan fingerprint density at radius 3 is 3.00 bits per heavy atom. The molecule has 0 aliphatic heterocycles. The molecule has 2 rings (SSSR count). The molecule has 0 aliphatic rings. The third-order valence-corrected chi connectivity index (χ3v) is 3.44. The number of hydrogen-bond acceptors (Lipinski definition) is 5. The monoisotopic (exact) mass is 252 g/mol. The Bertz CT molecular complexity index is 465. The fourth-order valence-corrected chi connectivity index (χ4v) is 2.39. The lowest BCUT2D eigenvalue weighted by Gasteiger charge is -1.99. The zero-order chi connectivity index (χ0) is 12.1. The minimum absolute atomic E-state index is 0.677. The summed E-state index contributed by atoms with van der Waals surface area (Å²) in [6.45, 7) is 3.67. The summed E-state index contributed by atoms with van der Waals surface area (Å²) >= 11 is 1.67. The van der Waals surface area contributed by atoms with Crippen molar-refractivity contribution in [1.29, 1.82) is 0 Å². The Morgan fingerprint density at radius 1 is 1.41 bits per heavy atom. The molecule has 0 radical (unpaired) electrons. The van der Waals surface area contributed by atoms with E-state index in [2.05, 4.69) is 28.5 Å². The van der Waals surface area contributed by atoms with Gasteiger partial charge in [-0.3, -0.25) is 0 Å². The number of tetrazole rings is 1. The number of thiophene rings is 1. The van der Waals surface area contributed by atoms with Gasteiger partial charge in [0, 0.05) is 18.5 Å². The van der Waals surface area contributed by atoms with E-state index in [0.29, 0.717) is 6.61 Å². The van der Waals surface area contributed by atoms with E-state index in [1.807, 2.05) is 13.1 Å². The Balaban J connectivity index is 1.95. The highest BCUT2D eigenvalue weighted by atomic mass is 32.1. The van der Waals surface area contributed by atoms with E-state index in [4.69, 9.17) is 4.74 Å². The normalized spacial score (nSPS) is 10.9. The number of hydrogen-bond donors (Lipinski definition) is 0. The van der Waals surface area contributed by atoms with E-state index in [9.17, 15) is 0 Å². The van der Waals surface area contributed by atoms with Crippen molar-refractivity contribution in [2.75, 3.05) is 6.61 Å². The molecule has 0 bridgehead atoms. The van der Waals surface area contributed by atoms with Gasteiger partial charge < -0.3 is 4.74 Å². The van der Waals surface area contributed by atoms with Crippen molar-refractivity contribution in [2.24, 2.45) is 7.05 Å². The van der Waals surface area contributed by atoms with Crippen LogP contribution in [0, 0.1) is 0 Å². The maximum absolute atomic E-state index is 5.57. The van der Waals surface area contributed by atoms with Crippen LogP contribution in [0.25, 0.3) is 10.7 Å². The first-order valence-electron chi connectivity index (χ1n) is 5.70. The summed E-state index contributed by atoms with van der Waals surface area (Å²) in [5.74, 6) is 0.801. The quantitative estimate of drug-likeness (QED) is 0.740. The van der Waals surface area contributed by atoms with Gasteiger partial charge in [-0.2, -0.15) is 0 Å². The zero-order valence-electron chi connectivity index (χ0n) is 10.1. The Morgan fingerprint density at radius 2 is 2.29 bits per heavy atom. The molecule has 0 atom stereocenters. The highest BCUT2D eigenvalue weighted by Gasteiger charge is 2.08. The molecule has 0 fully saturated rings. The average Bonchev–Trinajstić information content (AvgIpc) is 2.93. The minimum atomic E-state index is 0.677. The van der Waals surface area contributed by atoms with E-state index in [1.54, 1.807) is 16.0 Å². The van der Waals surface area contributed by atoms with Crippen LogP contribution < -0.4 is 0 Å². The molecule has 5 nitrogen and oxygen atoms in total. The number of unbranched alkanes of at least 4 members (excludes halogenated alkanes) is 1. The van der Waals surface area contributed by atoms with Crippen LogP contribution in [0.3, 0.4) is 0 Å². The van der Waals surface area contributed by atoms with E-state index < -0.39 is 0 Å². The van der Waals surface area contributed by atoms with E-state index in [0.717, 1.165) is 23.7 Å². The molecule has 92 valence electrons. The average molecular weight is 252 g/mol. The number of aromatic nitrogens is 4. The molecule has 0 aromatic carbocycles. The molecule has 17 heavy (non-hydrogen) atoms. The van der Waals surface area contributed by atoms with Crippen LogP contribution in [0.2, 0.25) is 0 Å². The summed E-state index contributed by atoms with van der Waals surface area (Å²) < 4.78 is 7.25. The summed E-state index contributed by atoms with van der Waals surface area (Å²) in [6.07, 6.45) is 2.28. The highest BCUT2D eigenvalue weighted by molar-refractivity contribution is 7.15. The maximum atomic E-state index is 5.57. The Hall–Kier alpha value is -1.27. The van der Waals surface area contributed by atoms with Crippen molar-refractivity contribution < 1.29 is 4.74 Å². The molecule has 0 saturated carbocycles. The van der Waals surface area contributed by atoms with Gasteiger partial charge in [0.05, 0.1) is 11.5 Å². The summed E-state index contributed by atoms with van der Waals surface area (Å²) in [7, 11) is 1.84. The van der Waals surface area contributed by atoms with Gasteiger partial charge in [0.2, 0.25) is 0 Å². The maximum Gasteiger partial charge on any atom is 0.191 e. The van der Waals surface area contributed by atoms with Crippen molar-refractivity contribution in [1.82, 2.24) is 20.2 Å². The van der Waals surface area contributed by atoms with Crippen molar-refractivity contribution in [3.05, 3.63) is 17.0 Å². The molecule has 0 aliphatic carbocycles. The molecule has 2 heterocycles. The topological polar surface area (TPSA) is 52.8 Å². The van der Waals surface area contributed by atoms with Crippen molar-refractivity contribution in [2.45, 2.75) is 26.4 Å². The largest absolute Gasteiger partial charge is 0.376 e. The van der Waals surface area contributed by atoms with Gasteiger partial charge in [0.1, 0.15) is 0 Å². The fourth-order valence-electron chi connectivity index (χ4n) is 1.43. The van der Waals surface area contributed by atoms with Crippen LogP contribution in [-0.2, 0) is 18.4 Å². The minimum Gasteiger partial charge on any atom is -0.376 e. The molecule has 6 heteroatoms. The third-order valence-electron chi connectivity index (χ3n) is 2.39. The molecular weight excluding hydrogens is 236 g/mol. The lowest BCUT2D eigenvalue weighted by atomic mass is 10.4. The first kappa shape index (κ1) is 12.2. The molecule has 0 unspecified atom stereocenters. The van der Waals surface area contributed by atoms with Crippen molar-refractivity contribution in [3.63, 3.8) is 0 Å². The second-order valence-corrected chi connectivity index (χ2v) is 4.97. The van der Waals surface area contributed by atoms with Gasteiger partial charge in [-0.15, -0.1) is 16.4 Å². The van der Waals surface area contributed by atoms with Crippen LogP contribution in [0.1, 0.15) is 24.6 Å². The summed E-state index contributed by atoms with van der Waals surface area (Å²) in [5, 5.41) is 11.4. The Kier molecular flexibility index (Phi) is 4.22. The number of ether oxygens (including phenoxy) is 1. The van der Waals surface area contributed by atoms with E-state index in [1.165, 1.54) is 11.3 Å². The second-order valence-electron chi connectivity index (χ2n) is 3.80. The predicted molar refractivity (Wildman–Crippen MR) is 66.7 cm³/mol. The van der Waals surface area contributed by atoms with Crippen LogP contribution in [0.4, 0.5) is 0 Å². The van der Waals surface area contributed by atoms with Gasteiger partial charge in [0.25, 0.3) is 0 Å². The summed E-state index contributed by atoms with van der Waals surface area (Å²) in [4.78, 5) is 2.28. The van der Waals surface area contributed by atoms with Gasteiger partial charge >= 0.3 is 0 Å². The first-order chi connectivity index (χ1) is 8.31. The summed E-state index contributed by atoms with van der Waals surface area (Å²) in [6, 6.07) is 4.11. The molecule has 0 amide bonds. The van der Waals surface area contributed by atoms with E-state index >= 15 is 0 Å². The highest BCUT2D eigenvalue weighted by Crippen LogP contribution is 2.25. The lowest BCUT2D eigenvalue weighted by molar-refractivity contribution is 0.120. The van der Waals surface area contributed by atoms with Crippen LogP contribution >= 0.6 is 11.3 Å². The third kappa shape index (κ3) is 3.10. The molecule has 2 aromatic rings. The molecule has 0 N–H and O–H groups in total. The molecular formula is C11H16N4OS. The van der Waals surface area contributed by atoms with Crippen LogP contribution in [0.15, 0.2) is 12.1 Å². The van der Waals surface area contributed by atoms with E-state index in [-0.39, 0.29) is 0 Å². The number of aryl methyl sites for hydroxylation is 1. The zero-order valence-corrected chi connectivity index (χ0v) is 10.9. The van der Waals surface area contributed by atoms with Crippen molar-refractivity contribution >= 4 is 11.3 Å². The smallest absolute Gasteiger partial charge is 0.191 e. The predicted octanol–water partition coefficient (Wildman–Crippen LogP) is 2.26. The van der Waals surface area contributed by atoms with Gasteiger partial charge in [0.15, 0.2) is 5.82 Å². The van der Waals surface area contributed by atoms with Gasteiger partial charge in [-0.1, -0.05) is 13.3 Å². The van der Waals surface area contributed by atoms with Gasteiger partial charge in [-0.25, -0.2) is 4.68 Å². The molecule has 0 saturated heterocycles. The van der Waals surface area contributed by atoms with Crippen LogP contribution in [-0.4, -0.2) is 26.8 Å². The fraction of sp³-hybridized carbons (Fsp3) is 0.545. The standard InChI is InChI=1S/C11H16N4OS/c1-3-4-7-16-8-9-5-6-10(17-9)11-12-13-14-15(11)2/h5-6H,3-4,7-8H2,1-2H3. The molecule has 2 aromatic heterocycles. The SMILES string of the molecule is CCCCOCc1ccc(-c2nnnn2C)s1. The number of nitrogens with zero attached hydrogens (tertiary/aromatic N) is 4. The van der Waals surface area contributed by atoms with Crippen molar-refractivity contribution in [3.8, 4) is 10.7 Å².